The molecule has 9 heteroatoms. The quantitative estimate of drug-likeness (QED) is 0.565. The maximum absolute atomic E-state index is 12.4. The van der Waals surface area contributed by atoms with E-state index in [-0.39, 0.29) is 5.56 Å². The highest BCUT2D eigenvalue weighted by atomic mass is 35.5. The number of hydrogen-bond donors (Lipinski definition) is 1. The summed E-state index contributed by atoms with van der Waals surface area (Å²) in [5, 5.41) is 4.80. The molecule has 0 fully saturated rings. The molecule has 0 aliphatic heterocycles. The molecule has 0 aliphatic rings. The van der Waals surface area contributed by atoms with Crippen LogP contribution in [0.2, 0.25) is 5.02 Å². The van der Waals surface area contributed by atoms with Crippen LogP contribution in [0.15, 0.2) is 39.0 Å². The summed E-state index contributed by atoms with van der Waals surface area (Å²) in [7, 11) is 3.03. The second kappa shape index (κ2) is 6.56. The number of halogens is 1. The Morgan fingerprint density at radius 2 is 1.88 bits per heavy atom. The number of benzene rings is 1. The minimum Gasteiger partial charge on any atom is -0.303 e. The molecule has 2 heterocycles. The first kappa shape index (κ1) is 17.0. The summed E-state index contributed by atoms with van der Waals surface area (Å²) in [4.78, 5) is 28.8. The van der Waals surface area contributed by atoms with Crippen LogP contribution in [0.5, 0.6) is 0 Å². The third-order valence-electron chi connectivity index (χ3n) is 3.91. The molecule has 0 radical (unpaired) electrons. The summed E-state index contributed by atoms with van der Waals surface area (Å²) in [6, 6.07) is 7.19. The summed E-state index contributed by atoms with van der Waals surface area (Å²) >= 11 is 5.85. The molecule has 0 unspecified atom stereocenters. The molecule has 0 atom stereocenters. The number of nitrogens with one attached hydrogen (secondary N) is 1. The third kappa shape index (κ3) is 2.96. The topological polar surface area (TPSA) is 86.2 Å². The lowest BCUT2D eigenvalue weighted by molar-refractivity contribution is 0.700. The molecule has 0 bridgehead atoms. The van der Waals surface area contributed by atoms with E-state index in [1.54, 1.807) is 30.0 Å². The van der Waals surface area contributed by atoms with Crippen molar-refractivity contribution in [3.05, 3.63) is 55.7 Å². The van der Waals surface area contributed by atoms with Crippen molar-refractivity contribution in [1.29, 1.82) is 0 Å². The highest BCUT2D eigenvalue weighted by molar-refractivity contribution is 6.30. The smallest absolute Gasteiger partial charge is 0.303 e. The Morgan fingerprint density at radius 1 is 1.20 bits per heavy atom. The Balaban J connectivity index is 2.03. The zero-order valence-corrected chi connectivity index (χ0v) is 14.8. The van der Waals surface area contributed by atoms with Gasteiger partial charge in [0.1, 0.15) is 0 Å². The van der Waals surface area contributed by atoms with Gasteiger partial charge in [-0.1, -0.05) is 23.7 Å². The Bertz CT molecular complexity index is 1080. The molecule has 1 aromatic carbocycles. The molecule has 3 rings (SSSR count). The van der Waals surface area contributed by atoms with Crippen LogP contribution in [0.1, 0.15) is 12.5 Å². The lowest BCUT2D eigenvalue weighted by Crippen LogP contribution is -2.37. The monoisotopic (exact) mass is 360 g/mol. The minimum absolute atomic E-state index is 0.319. The number of hydrazone groups is 1. The number of aromatic nitrogens is 4. The van der Waals surface area contributed by atoms with Gasteiger partial charge >= 0.3 is 5.69 Å². The van der Waals surface area contributed by atoms with Gasteiger partial charge in [-0.15, -0.1) is 0 Å². The van der Waals surface area contributed by atoms with Gasteiger partial charge in [0, 0.05) is 25.7 Å². The number of fused-ring (bicyclic) bond motifs is 1. The van der Waals surface area contributed by atoms with Gasteiger partial charge in [-0.25, -0.2) is 10.2 Å². The van der Waals surface area contributed by atoms with Crippen LogP contribution in [0.25, 0.3) is 11.2 Å². The van der Waals surface area contributed by atoms with Gasteiger partial charge in [-0.3, -0.25) is 13.9 Å². The van der Waals surface area contributed by atoms with E-state index in [2.05, 4.69) is 15.5 Å². The van der Waals surface area contributed by atoms with E-state index >= 15 is 0 Å². The minimum atomic E-state index is -0.422. The lowest BCUT2D eigenvalue weighted by Gasteiger charge is -2.05. The number of anilines is 1. The molecule has 0 spiro atoms. The molecule has 3 aromatic rings. The SMILES string of the molecule is CCn1c(N/N=C/c2ccc(Cl)cc2)nc2c1c(=O)n(C)c(=O)n2C. The zero-order chi connectivity index (χ0) is 18.1. The Morgan fingerprint density at radius 3 is 2.52 bits per heavy atom. The Hall–Kier alpha value is -2.87. The molecule has 25 heavy (non-hydrogen) atoms. The summed E-state index contributed by atoms with van der Waals surface area (Å²) in [5.41, 5.74) is 3.56. The second-order valence-corrected chi connectivity index (χ2v) is 5.92. The summed E-state index contributed by atoms with van der Waals surface area (Å²) in [6.07, 6.45) is 1.62. The molecule has 0 aliphatic carbocycles. The van der Waals surface area contributed by atoms with Crippen LogP contribution in [-0.2, 0) is 20.6 Å². The van der Waals surface area contributed by atoms with Crippen molar-refractivity contribution in [2.45, 2.75) is 13.5 Å². The predicted molar refractivity (Wildman–Crippen MR) is 98.6 cm³/mol. The molecule has 0 saturated heterocycles. The predicted octanol–water partition coefficient (Wildman–Crippen LogP) is 1.55. The first-order valence-corrected chi connectivity index (χ1v) is 8.02. The van der Waals surface area contributed by atoms with Crippen molar-refractivity contribution < 1.29 is 0 Å². The number of rotatable bonds is 4. The van der Waals surface area contributed by atoms with E-state index in [4.69, 9.17) is 11.6 Å². The standard InChI is InChI=1S/C16H17ClN6O2/c1-4-23-12-13(21(2)16(25)22(3)14(12)24)19-15(23)20-18-9-10-5-7-11(17)8-6-10/h5-9H,4H2,1-3H3,(H,19,20)/b18-9+. The average molecular weight is 361 g/mol. The van der Waals surface area contributed by atoms with Crippen molar-refractivity contribution in [2.24, 2.45) is 19.2 Å². The van der Waals surface area contributed by atoms with Crippen LogP contribution >= 0.6 is 11.6 Å². The highest BCUT2D eigenvalue weighted by Gasteiger charge is 2.17. The van der Waals surface area contributed by atoms with E-state index in [1.165, 1.54) is 11.6 Å². The van der Waals surface area contributed by atoms with Gasteiger partial charge in [-0.05, 0) is 24.6 Å². The Labute approximate surface area is 148 Å². The largest absolute Gasteiger partial charge is 0.332 e. The van der Waals surface area contributed by atoms with Crippen molar-refractivity contribution >= 4 is 34.9 Å². The van der Waals surface area contributed by atoms with Gasteiger partial charge in [0.2, 0.25) is 5.95 Å². The van der Waals surface area contributed by atoms with Crippen molar-refractivity contribution in [3.8, 4) is 0 Å². The van der Waals surface area contributed by atoms with Crippen molar-refractivity contribution in [3.63, 3.8) is 0 Å². The number of aryl methyl sites for hydroxylation is 2. The molecule has 0 saturated carbocycles. The molecular weight excluding hydrogens is 344 g/mol. The fraction of sp³-hybridized carbons (Fsp3) is 0.250. The van der Waals surface area contributed by atoms with Gasteiger partial charge in [0.15, 0.2) is 11.2 Å². The molecule has 130 valence electrons. The molecule has 1 N–H and O–H groups in total. The summed E-state index contributed by atoms with van der Waals surface area (Å²) in [6.45, 7) is 2.39. The fourth-order valence-electron chi connectivity index (χ4n) is 2.55. The summed E-state index contributed by atoms with van der Waals surface area (Å²) in [5.74, 6) is 0.390. The summed E-state index contributed by atoms with van der Waals surface area (Å²) < 4.78 is 4.10. The van der Waals surface area contributed by atoms with Crippen LogP contribution in [-0.4, -0.2) is 24.9 Å². The van der Waals surface area contributed by atoms with E-state index in [0.717, 1.165) is 10.1 Å². The van der Waals surface area contributed by atoms with E-state index in [1.807, 2.05) is 19.1 Å². The van der Waals surface area contributed by atoms with Crippen molar-refractivity contribution in [1.82, 2.24) is 18.7 Å². The van der Waals surface area contributed by atoms with Gasteiger partial charge in [-0.2, -0.15) is 10.1 Å². The second-order valence-electron chi connectivity index (χ2n) is 5.48. The zero-order valence-electron chi connectivity index (χ0n) is 14.0. The van der Waals surface area contributed by atoms with E-state index in [9.17, 15) is 9.59 Å². The van der Waals surface area contributed by atoms with Gasteiger partial charge in [0.05, 0.1) is 6.21 Å². The average Bonchev–Trinajstić information content (AvgIpc) is 2.98. The maximum atomic E-state index is 12.4. The van der Waals surface area contributed by atoms with E-state index in [0.29, 0.717) is 28.7 Å². The highest BCUT2D eigenvalue weighted by Crippen LogP contribution is 2.15. The number of nitrogens with zero attached hydrogens (tertiary/aromatic N) is 5. The van der Waals surface area contributed by atoms with Crippen LogP contribution in [0, 0.1) is 0 Å². The van der Waals surface area contributed by atoms with Crippen molar-refractivity contribution in [2.75, 3.05) is 5.43 Å². The van der Waals surface area contributed by atoms with Gasteiger partial charge in [0.25, 0.3) is 5.56 Å². The van der Waals surface area contributed by atoms with Crippen LogP contribution < -0.4 is 16.7 Å². The first-order chi connectivity index (χ1) is 11.9. The molecule has 8 nitrogen and oxygen atoms in total. The molecule has 0 amide bonds. The number of hydrogen-bond acceptors (Lipinski definition) is 5. The maximum Gasteiger partial charge on any atom is 0.332 e. The normalized spacial score (nSPS) is 11.5. The molecular formula is C16H17ClN6O2. The lowest BCUT2D eigenvalue weighted by atomic mass is 10.2. The van der Waals surface area contributed by atoms with Crippen LogP contribution in [0.4, 0.5) is 5.95 Å². The first-order valence-electron chi connectivity index (χ1n) is 7.65. The third-order valence-corrected chi connectivity index (χ3v) is 4.16. The van der Waals surface area contributed by atoms with Gasteiger partial charge < -0.3 is 4.57 Å². The molecule has 2 aromatic heterocycles. The Kier molecular flexibility index (Phi) is 4.45. The number of imidazole rings is 1. The van der Waals surface area contributed by atoms with Crippen LogP contribution in [0.3, 0.4) is 0 Å². The van der Waals surface area contributed by atoms with E-state index < -0.39 is 5.69 Å². The fourth-order valence-corrected chi connectivity index (χ4v) is 2.68.